The molecule has 2 N–H and O–H groups in total. The highest BCUT2D eigenvalue weighted by atomic mass is 19.1. The van der Waals surface area contributed by atoms with Gasteiger partial charge < -0.3 is 10.2 Å². The summed E-state index contributed by atoms with van der Waals surface area (Å²) in [5.74, 6) is 1.72. The van der Waals surface area contributed by atoms with E-state index >= 15 is 0 Å². The standard InChI is InChI=1S/C22H30O.C18H21FO/c1-14(2)19-12-17(13-20(15(3)4)21(19)23)16-8-10-18(11-9-16)22(5,6)7;1-11(2)16-9-14(10-17(12(3)4)18(16)20)13-5-7-15(19)8-6-13/h8-15,23H,1-7H3;5-12,20H,1-4H3. The summed E-state index contributed by atoms with van der Waals surface area (Å²) < 4.78 is 13.0. The van der Waals surface area contributed by atoms with E-state index in [4.69, 9.17) is 0 Å². The fraction of sp³-hybridized carbons (Fsp3) is 0.400. The smallest absolute Gasteiger partial charge is 0.123 e. The number of halogens is 1. The molecule has 0 fully saturated rings. The molecule has 0 saturated heterocycles. The first-order valence-electron chi connectivity index (χ1n) is 15.6. The Morgan fingerprint density at radius 1 is 0.465 bits per heavy atom. The zero-order valence-electron chi connectivity index (χ0n) is 28.0. The Balaban J connectivity index is 0.000000238. The van der Waals surface area contributed by atoms with E-state index < -0.39 is 0 Å². The molecule has 0 unspecified atom stereocenters. The Kier molecular flexibility index (Phi) is 10.9. The summed E-state index contributed by atoms with van der Waals surface area (Å²) in [4.78, 5) is 0. The predicted octanol–water partition coefficient (Wildman–Crippen LogP) is 12.0. The number of hydrogen-bond acceptors (Lipinski definition) is 2. The molecule has 0 atom stereocenters. The summed E-state index contributed by atoms with van der Waals surface area (Å²) in [7, 11) is 0. The average molecular weight is 583 g/mol. The summed E-state index contributed by atoms with van der Waals surface area (Å²) in [5.41, 5.74) is 9.85. The van der Waals surface area contributed by atoms with Crippen LogP contribution < -0.4 is 0 Å². The van der Waals surface area contributed by atoms with Gasteiger partial charge in [0.25, 0.3) is 0 Å². The third-order valence-corrected chi connectivity index (χ3v) is 8.09. The molecule has 2 nitrogen and oxygen atoms in total. The molecule has 230 valence electrons. The third kappa shape index (κ3) is 8.28. The first kappa shape index (κ1) is 33.9. The fourth-order valence-electron chi connectivity index (χ4n) is 5.26. The van der Waals surface area contributed by atoms with Gasteiger partial charge in [-0.15, -0.1) is 0 Å². The Labute approximate surface area is 259 Å². The minimum atomic E-state index is -0.235. The van der Waals surface area contributed by atoms with E-state index in [1.165, 1.54) is 28.8 Å². The molecular formula is C40H51FO2. The average Bonchev–Trinajstić information content (AvgIpc) is 2.93. The van der Waals surface area contributed by atoms with Crippen molar-refractivity contribution in [3.8, 4) is 33.8 Å². The molecule has 0 saturated carbocycles. The summed E-state index contributed by atoms with van der Waals surface area (Å²) >= 11 is 0. The maximum atomic E-state index is 13.0. The Bertz CT molecular complexity index is 1440. The van der Waals surface area contributed by atoms with Crippen molar-refractivity contribution in [2.45, 2.75) is 105 Å². The van der Waals surface area contributed by atoms with Crippen LogP contribution >= 0.6 is 0 Å². The highest BCUT2D eigenvalue weighted by Gasteiger charge is 2.18. The number of benzene rings is 4. The third-order valence-electron chi connectivity index (χ3n) is 8.09. The molecule has 4 aromatic rings. The van der Waals surface area contributed by atoms with E-state index in [1.807, 2.05) is 12.1 Å². The lowest BCUT2D eigenvalue weighted by Crippen LogP contribution is -2.10. The van der Waals surface area contributed by atoms with E-state index in [0.29, 0.717) is 23.3 Å². The largest absolute Gasteiger partial charge is 0.507 e. The summed E-state index contributed by atoms with van der Waals surface area (Å²) in [5, 5.41) is 20.9. The highest BCUT2D eigenvalue weighted by molar-refractivity contribution is 5.69. The van der Waals surface area contributed by atoms with E-state index in [-0.39, 0.29) is 23.1 Å². The molecule has 0 aromatic heterocycles. The molecule has 4 aromatic carbocycles. The quantitative estimate of drug-likeness (QED) is 0.237. The van der Waals surface area contributed by atoms with Crippen molar-refractivity contribution in [1.29, 1.82) is 0 Å². The number of aromatic hydroxyl groups is 2. The van der Waals surface area contributed by atoms with Gasteiger partial charge in [0.2, 0.25) is 0 Å². The van der Waals surface area contributed by atoms with Crippen LogP contribution in [0.15, 0.2) is 72.8 Å². The van der Waals surface area contributed by atoms with Gasteiger partial charge in [-0.1, -0.05) is 113 Å². The number of phenols is 2. The normalized spacial score (nSPS) is 11.8. The minimum absolute atomic E-state index is 0.166. The van der Waals surface area contributed by atoms with Gasteiger partial charge in [0, 0.05) is 0 Å². The second-order valence-electron chi connectivity index (χ2n) is 14.0. The van der Waals surface area contributed by atoms with Crippen LogP contribution in [0.5, 0.6) is 11.5 Å². The Morgan fingerprint density at radius 3 is 1.00 bits per heavy atom. The van der Waals surface area contributed by atoms with E-state index in [0.717, 1.165) is 33.4 Å². The van der Waals surface area contributed by atoms with Crippen LogP contribution in [-0.2, 0) is 5.41 Å². The van der Waals surface area contributed by atoms with Crippen molar-refractivity contribution in [2.24, 2.45) is 0 Å². The van der Waals surface area contributed by atoms with E-state index in [9.17, 15) is 14.6 Å². The topological polar surface area (TPSA) is 40.5 Å². The van der Waals surface area contributed by atoms with Gasteiger partial charge in [0.05, 0.1) is 0 Å². The van der Waals surface area contributed by atoms with Gasteiger partial charge in [0.15, 0.2) is 0 Å². The molecule has 0 aliphatic heterocycles. The van der Waals surface area contributed by atoms with E-state index in [2.05, 4.69) is 113 Å². The number of hydrogen-bond donors (Lipinski definition) is 2. The second kappa shape index (κ2) is 13.8. The lowest BCUT2D eigenvalue weighted by atomic mass is 9.85. The molecule has 0 spiro atoms. The minimum Gasteiger partial charge on any atom is -0.507 e. The first-order valence-corrected chi connectivity index (χ1v) is 15.6. The predicted molar refractivity (Wildman–Crippen MR) is 182 cm³/mol. The van der Waals surface area contributed by atoms with Crippen molar-refractivity contribution in [3.05, 3.63) is 106 Å². The van der Waals surface area contributed by atoms with Gasteiger partial charge in [-0.2, -0.15) is 0 Å². The van der Waals surface area contributed by atoms with Crippen LogP contribution in [0.3, 0.4) is 0 Å². The zero-order valence-corrected chi connectivity index (χ0v) is 28.0. The zero-order chi connectivity index (χ0) is 32.2. The Hall–Kier alpha value is -3.59. The molecule has 0 radical (unpaired) electrons. The Morgan fingerprint density at radius 2 is 0.744 bits per heavy atom. The summed E-state index contributed by atoms with van der Waals surface area (Å²) in [6, 6.07) is 23.6. The van der Waals surface area contributed by atoms with Gasteiger partial charge in [0.1, 0.15) is 17.3 Å². The summed E-state index contributed by atoms with van der Waals surface area (Å²) in [6.07, 6.45) is 0. The van der Waals surface area contributed by atoms with Gasteiger partial charge in [-0.25, -0.2) is 4.39 Å². The van der Waals surface area contributed by atoms with Gasteiger partial charge in [-0.05, 0) is 116 Å². The molecule has 3 heteroatoms. The van der Waals surface area contributed by atoms with Crippen LogP contribution in [0.2, 0.25) is 0 Å². The molecule has 4 rings (SSSR count). The van der Waals surface area contributed by atoms with E-state index in [1.54, 1.807) is 12.1 Å². The lowest BCUT2D eigenvalue weighted by Gasteiger charge is -2.20. The molecule has 0 aliphatic rings. The van der Waals surface area contributed by atoms with Gasteiger partial charge in [-0.3, -0.25) is 0 Å². The molecule has 43 heavy (non-hydrogen) atoms. The first-order chi connectivity index (χ1) is 20.0. The van der Waals surface area contributed by atoms with Crippen molar-refractivity contribution in [3.63, 3.8) is 0 Å². The van der Waals surface area contributed by atoms with Crippen molar-refractivity contribution >= 4 is 0 Å². The van der Waals surface area contributed by atoms with Crippen molar-refractivity contribution < 1.29 is 14.6 Å². The number of phenolic OH excluding ortho intramolecular Hbond substituents is 2. The van der Waals surface area contributed by atoms with Crippen LogP contribution in [-0.4, -0.2) is 10.2 Å². The molecule has 0 heterocycles. The van der Waals surface area contributed by atoms with Crippen molar-refractivity contribution in [2.75, 3.05) is 0 Å². The van der Waals surface area contributed by atoms with Crippen LogP contribution in [0.25, 0.3) is 22.3 Å². The van der Waals surface area contributed by atoms with Gasteiger partial charge >= 0.3 is 0 Å². The van der Waals surface area contributed by atoms with Crippen LogP contribution in [0.4, 0.5) is 4.39 Å². The second-order valence-corrected chi connectivity index (χ2v) is 14.0. The maximum absolute atomic E-state index is 13.0. The molecular weight excluding hydrogens is 531 g/mol. The molecule has 0 amide bonds. The highest BCUT2D eigenvalue weighted by Crippen LogP contribution is 2.39. The van der Waals surface area contributed by atoms with Crippen molar-refractivity contribution in [1.82, 2.24) is 0 Å². The SMILES string of the molecule is CC(C)c1cc(-c2ccc(C(C)(C)C)cc2)cc(C(C)C)c1O.CC(C)c1cc(-c2ccc(F)cc2)cc(C(C)C)c1O. The summed E-state index contributed by atoms with van der Waals surface area (Å²) in [6.45, 7) is 23.5. The molecule has 0 bridgehead atoms. The van der Waals surface area contributed by atoms with Crippen LogP contribution in [0.1, 0.15) is 128 Å². The lowest BCUT2D eigenvalue weighted by molar-refractivity contribution is 0.454. The molecule has 0 aliphatic carbocycles. The maximum Gasteiger partial charge on any atom is 0.123 e. The van der Waals surface area contributed by atoms with Crippen LogP contribution in [0, 0.1) is 5.82 Å². The fourth-order valence-corrected chi connectivity index (χ4v) is 5.26. The monoisotopic (exact) mass is 582 g/mol. The number of rotatable bonds is 6.